The van der Waals surface area contributed by atoms with Crippen LogP contribution < -0.4 is 14.4 Å². The molecular formula is C24H24Cl2N2O4S2. The van der Waals surface area contributed by atoms with Crippen molar-refractivity contribution in [2.75, 3.05) is 30.3 Å². The summed E-state index contributed by atoms with van der Waals surface area (Å²) in [6.45, 7) is 0.0493. The zero-order chi connectivity index (χ0) is 24.6. The van der Waals surface area contributed by atoms with E-state index >= 15 is 0 Å². The first kappa shape index (κ1) is 26.2. The van der Waals surface area contributed by atoms with Crippen molar-refractivity contribution in [2.24, 2.45) is 0 Å². The van der Waals surface area contributed by atoms with E-state index in [4.69, 9.17) is 27.9 Å². The molecule has 0 aliphatic carbocycles. The molecule has 0 aliphatic heterocycles. The van der Waals surface area contributed by atoms with E-state index in [2.05, 4.69) is 5.32 Å². The van der Waals surface area contributed by atoms with E-state index in [0.29, 0.717) is 39.5 Å². The average Bonchev–Trinajstić information content (AvgIpc) is 2.85. The van der Waals surface area contributed by atoms with Crippen LogP contribution in [0.5, 0.6) is 5.75 Å². The number of nitrogens with zero attached hydrogens (tertiary/aromatic N) is 1. The summed E-state index contributed by atoms with van der Waals surface area (Å²) in [4.78, 5) is 12.8. The molecule has 180 valence electrons. The van der Waals surface area contributed by atoms with E-state index in [1.165, 1.54) is 19.2 Å². The average molecular weight is 540 g/mol. The van der Waals surface area contributed by atoms with E-state index in [1.54, 1.807) is 60.3 Å². The van der Waals surface area contributed by atoms with Crippen LogP contribution in [0.2, 0.25) is 10.0 Å². The van der Waals surface area contributed by atoms with E-state index in [0.717, 1.165) is 9.87 Å². The fourth-order valence-electron chi connectivity index (χ4n) is 3.05. The molecule has 3 aromatic carbocycles. The Kier molecular flexibility index (Phi) is 9.53. The summed E-state index contributed by atoms with van der Waals surface area (Å²) in [5.74, 6) is 1.56. The summed E-state index contributed by atoms with van der Waals surface area (Å²) in [7, 11) is -2.42. The first-order valence-corrected chi connectivity index (χ1v) is 13.7. The number of rotatable bonds is 11. The molecule has 0 bridgehead atoms. The first-order valence-electron chi connectivity index (χ1n) is 10.3. The molecule has 0 fully saturated rings. The molecule has 1 N–H and O–H groups in total. The molecular weight excluding hydrogens is 515 g/mol. The number of ether oxygens (including phenoxy) is 1. The van der Waals surface area contributed by atoms with Gasteiger partial charge in [0.2, 0.25) is 5.91 Å². The largest absolute Gasteiger partial charge is 0.497 e. The Bertz CT molecular complexity index is 1210. The number of thioether (sulfide) groups is 1. The molecule has 0 unspecified atom stereocenters. The van der Waals surface area contributed by atoms with E-state index in [9.17, 15) is 13.2 Å². The molecule has 0 saturated heterocycles. The molecule has 1 amide bonds. The molecule has 0 aromatic heterocycles. The number of carbonyl (C=O) groups excluding carboxylic acids is 1. The van der Waals surface area contributed by atoms with Crippen molar-refractivity contribution in [3.63, 3.8) is 0 Å². The number of nitrogens with one attached hydrogen (secondary N) is 1. The minimum absolute atomic E-state index is 0.107. The van der Waals surface area contributed by atoms with Gasteiger partial charge in [0.1, 0.15) is 12.3 Å². The summed E-state index contributed by atoms with van der Waals surface area (Å²) < 4.78 is 32.8. The molecule has 0 atom stereocenters. The minimum atomic E-state index is -3.94. The maximum absolute atomic E-state index is 13.3. The van der Waals surface area contributed by atoms with Gasteiger partial charge in [0.25, 0.3) is 10.0 Å². The van der Waals surface area contributed by atoms with Crippen molar-refractivity contribution in [3.05, 3.63) is 88.4 Å². The maximum atomic E-state index is 13.3. The van der Waals surface area contributed by atoms with E-state index in [-0.39, 0.29) is 11.4 Å². The zero-order valence-electron chi connectivity index (χ0n) is 18.4. The van der Waals surface area contributed by atoms with Crippen LogP contribution in [0.15, 0.2) is 77.7 Å². The Morgan fingerprint density at radius 2 is 1.71 bits per heavy atom. The van der Waals surface area contributed by atoms with Gasteiger partial charge in [-0.15, -0.1) is 0 Å². The summed E-state index contributed by atoms with van der Waals surface area (Å²) in [5, 5.41) is 3.81. The van der Waals surface area contributed by atoms with Gasteiger partial charge in [-0.1, -0.05) is 47.5 Å². The van der Waals surface area contributed by atoms with E-state index < -0.39 is 15.9 Å². The van der Waals surface area contributed by atoms with Crippen LogP contribution in [-0.4, -0.2) is 40.3 Å². The predicted octanol–water partition coefficient (Wildman–Crippen LogP) is 5.25. The minimum Gasteiger partial charge on any atom is -0.497 e. The number of hydrogen-bond donors (Lipinski definition) is 1. The van der Waals surface area contributed by atoms with Crippen LogP contribution in [0, 0.1) is 0 Å². The Labute approximate surface area is 214 Å². The normalized spacial score (nSPS) is 11.1. The van der Waals surface area contributed by atoms with E-state index in [1.807, 2.05) is 12.1 Å². The van der Waals surface area contributed by atoms with Gasteiger partial charge in [-0.25, -0.2) is 8.42 Å². The third-order valence-corrected chi connectivity index (χ3v) is 8.36. The summed E-state index contributed by atoms with van der Waals surface area (Å²) in [5.41, 5.74) is 1.40. The number of halogens is 2. The lowest BCUT2D eigenvalue weighted by Crippen LogP contribution is -2.41. The van der Waals surface area contributed by atoms with Gasteiger partial charge in [-0.3, -0.25) is 9.10 Å². The number of amides is 1. The molecule has 0 spiro atoms. The van der Waals surface area contributed by atoms with Crippen LogP contribution in [0.25, 0.3) is 0 Å². The molecule has 6 nitrogen and oxygen atoms in total. The van der Waals surface area contributed by atoms with Crippen molar-refractivity contribution in [1.29, 1.82) is 0 Å². The SMILES string of the molecule is COc1ccc(N(CC(=O)NCCSCc2ccc(Cl)c(Cl)c2)S(=O)(=O)c2ccccc2)cc1. The lowest BCUT2D eigenvalue weighted by Gasteiger charge is -2.24. The number of carbonyl (C=O) groups is 1. The molecule has 0 heterocycles. The second-order valence-electron chi connectivity index (χ2n) is 7.17. The second kappa shape index (κ2) is 12.4. The number of anilines is 1. The van der Waals surface area contributed by atoms with Crippen molar-refractivity contribution < 1.29 is 17.9 Å². The topological polar surface area (TPSA) is 75.7 Å². The summed E-state index contributed by atoms with van der Waals surface area (Å²) in [6, 6.07) is 20.0. The fourth-order valence-corrected chi connectivity index (χ4v) is 5.62. The molecule has 10 heteroatoms. The highest BCUT2D eigenvalue weighted by Crippen LogP contribution is 2.26. The molecule has 0 saturated carbocycles. The Balaban J connectivity index is 1.62. The highest BCUT2D eigenvalue weighted by molar-refractivity contribution is 7.98. The number of hydrogen-bond acceptors (Lipinski definition) is 5. The molecule has 0 aliphatic rings. The van der Waals surface area contributed by atoms with Gasteiger partial charge in [-0.05, 0) is 54.1 Å². The third-order valence-electron chi connectivity index (χ3n) is 4.80. The van der Waals surface area contributed by atoms with Gasteiger partial charge in [0.15, 0.2) is 0 Å². The smallest absolute Gasteiger partial charge is 0.264 e. The summed E-state index contributed by atoms with van der Waals surface area (Å²) >= 11 is 13.6. The monoisotopic (exact) mass is 538 g/mol. The van der Waals surface area contributed by atoms with Crippen LogP contribution in [-0.2, 0) is 20.6 Å². The molecule has 34 heavy (non-hydrogen) atoms. The van der Waals surface area contributed by atoms with Crippen LogP contribution in [0.3, 0.4) is 0 Å². The lowest BCUT2D eigenvalue weighted by molar-refractivity contribution is -0.119. The number of methoxy groups -OCH3 is 1. The van der Waals surface area contributed by atoms with Crippen molar-refractivity contribution in [1.82, 2.24) is 5.32 Å². The van der Waals surface area contributed by atoms with Crippen LogP contribution >= 0.6 is 35.0 Å². The highest BCUT2D eigenvalue weighted by Gasteiger charge is 2.27. The maximum Gasteiger partial charge on any atom is 0.264 e. The quantitative estimate of drug-likeness (QED) is 0.337. The standard InChI is InChI=1S/C24H24Cl2N2O4S2/c1-32-20-10-8-19(9-11-20)28(34(30,31)21-5-3-2-4-6-21)16-24(29)27-13-14-33-17-18-7-12-22(25)23(26)15-18/h2-12,15H,13-14,16-17H2,1H3,(H,27,29). The molecule has 3 rings (SSSR count). The Hall–Kier alpha value is -2.39. The Morgan fingerprint density at radius 1 is 1.00 bits per heavy atom. The van der Waals surface area contributed by atoms with Gasteiger partial charge in [0, 0.05) is 18.1 Å². The molecule has 3 aromatic rings. The molecule has 0 radical (unpaired) electrons. The highest BCUT2D eigenvalue weighted by atomic mass is 35.5. The van der Waals surface area contributed by atoms with Gasteiger partial charge >= 0.3 is 0 Å². The number of benzene rings is 3. The van der Waals surface area contributed by atoms with Gasteiger partial charge in [0.05, 0.1) is 27.7 Å². The van der Waals surface area contributed by atoms with Gasteiger partial charge < -0.3 is 10.1 Å². The number of sulfonamides is 1. The van der Waals surface area contributed by atoms with Crippen LogP contribution in [0.4, 0.5) is 5.69 Å². The van der Waals surface area contributed by atoms with Crippen LogP contribution in [0.1, 0.15) is 5.56 Å². The fraction of sp³-hybridized carbons (Fsp3) is 0.208. The zero-order valence-corrected chi connectivity index (χ0v) is 21.6. The van der Waals surface area contributed by atoms with Crippen molar-refractivity contribution in [2.45, 2.75) is 10.6 Å². The summed E-state index contributed by atoms with van der Waals surface area (Å²) in [6.07, 6.45) is 0. The second-order valence-corrected chi connectivity index (χ2v) is 11.0. The first-order chi connectivity index (χ1) is 16.3. The van der Waals surface area contributed by atoms with Gasteiger partial charge in [-0.2, -0.15) is 11.8 Å². The lowest BCUT2D eigenvalue weighted by atomic mass is 10.2. The third kappa shape index (κ3) is 7.06. The van der Waals surface area contributed by atoms with Crippen molar-refractivity contribution in [3.8, 4) is 5.75 Å². The Morgan fingerprint density at radius 3 is 2.35 bits per heavy atom. The van der Waals surface area contributed by atoms with Crippen molar-refractivity contribution >= 4 is 56.6 Å². The predicted molar refractivity (Wildman–Crippen MR) is 140 cm³/mol.